The summed E-state index contributed by atoms with van der Waals surface area (Å²) in [6.07, 6.45) is 6.38. The SMILES string of the molecule is Cc1cn2cc(NC(=O)c3ccc(Br)c4nccnc34)cc(F)c2n1. The van der Waals surface area contributed by atoms with E-state index in [9.17, 15) is 9.18 Å². The van der Waals surface area contributed by atoms with Crippen molar-refractivity contribution in [1.82, 2.24) is 19.4 Å². The third-order valence-corrected chi connectivity index (χ3v) is 4.35. The van der Waals surface area contributed by atoms with Gasteiger partial charge in [-0.25, -0.2) is 9.37 Å². The van der Waals surface area contributed by atoms with Crippen LogP contribution in [0.1, 0.15) is 16.1 Å². The van der Waals surface area contributed by atoms with E-state index in [-0.39, 0.29) is 5.65 Å². The van der Waals surface area contributed by atoms with Gasteiger partial charge < -0.3 is 9.72 Å². The van der Waals surface area contributed by atoms with Gasteiger partial charge >= 0.3 is 0 Å². The molecule has 1 aromatic carbocycles. The van der Waals surface area contributed by atoms with E-state index < -0.39 is 11.7 Å². The average Bonchev–Trinajstić information content (AvgIpc) is 2.96. The van der Waals surface area contributed by atoms with Gasteiger partial charge in [-0.3, -0.25) is 14.8 Å². The molecule has 0 bridgehead atoms. The highest BCUT2D eigenvalue weighted by atomic mass is 79.9. The van der Waals surface area contributed by atoms with Gasteiger partial charge in [0.05, 0.1) is 16.9 Å². The number of carbonyl (C=O) groups excluding carboxylic acids is 1. The van der Waals surface area contributed by atoms with Gasteiger partial charge in [0, 0.05) is 35.3 Å². The zero-order valence-electron chi connectivity index (χ0n) is 13.0. The molecule has 0 saturated heterocycles. The minimum Gasteiger partial charge on any atom is -0.320 e. The van der Waals surface area contributed by atoms with E-state index in [0.29, 0.717) is 28.0 Å². The van der Waals surface area contributed by atoms with E-state index in [4.69, 9.17) is 0 Å². The first-order chi connectivity index (χ1) is 12.0. The number of aromatic nitrogens is 4. The molecule has 124 valence electrons. The number of pyridine rings is 1. The van der Waals surface area contributed by atoms with Crippen molar-refractivity contribution < 1.29 is 9.18 Å². The van der Waals surface area contributed by atoms with Crippen LogP contribution >= 0.6 is 15.9 Å². The minimum absolute atomic E-state index is 0.218. The lowest BCUT2D eigenvalue weighted by Crippen LogP contribution is -2.14. The molecule has 6 nitrogen and oxygen atoms in total. The Morgan fingerprint density at radius 1 is 1.20 bits per heavy atom. The zero-order valence-corrected chi connectivity index (χ0v) is 14.6. The molecule has 4 rings (SSSR count). The fourth-order valence-corrected chi connectivity index (χ4v) is 3.08. The van der Waals surface area contributed by atoms with Crippen LogP contribution in [0.15, 0.2) is 47.5 Å². The van der Waals surface area contributed by atoms with Gasteiger partial charge in [0.15, 0.2) is 11.5 Å². The largest absolute Gasteiger partial charge is 0.320 e. The smallest absolute Gasteiger partial charge is 0.257 e. The first-order valence-corrected chi connectivity index (χ1v) is 8.17. The molecule has 0 fully saturated rings. The van der Waals surface area contributed by atoms with Gasteiger partial charge in [0.1, 0.15) is 11.0 Å². The fourth-order valence-electron chi connectivity index (χ4n) is 2.65. The standard InChI is InChI=1S/C17H11BrFN5O/c1-9-7-24-8-10(6-13(19)16(24)22-9)23-17(25)11-2-3-12(18)15-14(11)20-4-5-21-15/h2-8H,1H3,(H,23,25). The molecule has 1 amide bonds. The molecular weight excluding hydrogens is 389 g/mol. The van der Waals surface area contributed by atoms with Gasteiger partial charge in [0.25, 0.3) is 5.91 Å². The van der Waals surface area contributed by atoms with Crippen molar-refractivity contribution in [2.75, 3.05) is 5.32 Å². The first-order valence-electron chi connectivity index (χ1n) is 7.38. The van der Waals surface area contributed by atoms with Crippen LogP contribution in [0.5, 0.6) is 0 Å². The molecule has 0 atom stereocenters. The second-order valence-electron chi connectivity index (χ2n) is 5.49. The molecule has 0 aliphatic carbocycles. The van der Waals surface area contributed by atoms with Crippen LogP contribution < -0.4 is 5.32 Å². The van der Waals surface area contributed by atoms with Crippen molar-refractivity contribution in [2.45, 2.75) is 6.92 Å². The predicted molar refractivity (Wildman–Crippen MR) is 95.1 cm³/mol. The van der Waals surface area contributed by atoms with Gasteiger partial charge in [-0.1, -0.05) is 0 Å². The topological polar surface area (TPSA) is 72.2 Å². The molecule has 0 saturated carbocycles. The van der Waals surface area contributed by atoms with Crippen molar-refractivity contribution in [3.05, 3.63) is 64.5 Å². The number of nitrogens with zero attached hydrogens (tertiary/aromatic N) is 4. The Hall–Kier alpha value is -2.87. The summed E-state index contributed by atoms with van der Waals surface area (Å²) in [5.41, 5.74) is 2.64. The van der Waals surface area contributed by atoms with Crippen LogP contribution in [-0.4, -0.2) is 25.3 Å². The van der Waals surface area contributed by atoms with Crippen molar-refractivity contribution in [3.8, 4) is 0 Å². The number of carbonyl (C=O) groups is 1. The Balaban J connectivity index is 1.75. The summed E-state index contributed by atoms with van der Waals surface area (Å²) in [6.45, 7) is 1.78. The monoisotopic (exact) mass is 399 g/mol. The molecule has 0 aliphatic rings. The van der Waals surface area contributed by atoms with Crippen molar-refractivity contribution >= 4 is 44.2 Å². The Morgan fingerprint density at radius 3 is 2.76 bits per heavy atom. The summed E-state index contributed by atoms with van der Waals surface area (Å²) in [6, 6.07) is 4.62. The van der Waals surface area contributed by atoms with Crippen LogP contribution in [0.3, 0.4) is 0 Å². The Labute approximate surface area is 149 Å². The maximum absolute atomic E-state index is 14.2. The molecule has 25 heavy (non-hydrogen) atoms. The third-order valence-electron chi connectivity index (χ3n) is 3.71. The summed E-state index contributed by atoms with van der Waals surface area (Å²) in [7, 11) is 0. The molecule has 1 N–H and O–H groups in total. The maximum Gasteiger partial charge on any atom is 0.257 e. The summed E-state index contributed by atoms with van der Waals surface area (Å²) >= 11 is 3.39. The summed E-state index contributed by atoms with van der Waals surface area (Å²) < 4.78 is 16.4. The van der Waals surface area contributed by atoms with Crippen LogP contribution in [0.25, 0.3) is 16.7 Å². The lowest BCUT2D eigenvalue weighted by molar-refractivity contribution is 0.102. The number of amides is 1. The van der Waals surface area contributed by atoms with Crippen LogP contribution in [-0.2, 0) is 0 Å². The highest BCUT2D eigenvalue weighted by molar-refractivity contribution is 9.10. The number of fused-ring (bicyclic) bond motifs is 2. The molecule has 3 aromatic heterocycles. The molecule has 0 spiro atoms. The summed E-state index contributed by atoms with van der Waals surface area (Å²) in [5, 5.41) is 2.70. The lowest BCUT2D eigenvalue weighted by atomic mass is 10.1. The molecule has 8 heteroatoms. The predicted octanol–water partition coefficient (Wildman–Crippen LogP) is 3.74. The van der Waals surface area contributed by atoms with E-state index >= 15 is 0 Å². The average molecular weight is 400 g/mol. The number of benzene rings is 1. The summed E-state index contributed by atoms with van der Waals surface area (Å²) in [4.78, 5) is 25.2. The molecule has 4 aromatic rings. The minimum atomic E-state index is -0.508. The second-order valence-corrected chi connectivity index (χ2v) is 6.35. The van der Waals surface area contributed by atoms with Gasteiger partial charge in [-0.05, 0) is 35.0 Å². The van der Waals surface area contributed by atoms with Crippen LogP contribution in [0.4, 0.5) is 10.1 Å². The maximum atomic E-state index is 14.2. The van der Waals surface area contributed by atoms with Crippen molar-refractivity contribution in [2.24, 2.45) is 0 Å². The van der Waals surface area contributed by atoms with Crippen molar-refractivity contribution in [3.63, 3.8) is 0 Å². The molecular formula is C17H11BrFN5O. The highest BCUT2D eigenvalue weighted by Gasteiger charge is 2.15. The Kier molecular flexibility index (Phi) is 3.69. The highest BCUT2D eigenvalue weighted by Crippen LogP contribution is 2.24. The number of hydrogen-bond acceptors (Lipinski definition) is 4. The van der Waals surface area contributed by atoms with Gasteiger partial charge in [-0.15, -0.1) is 0 Å². The molecule has 3 heterocycles. The Morgan fingerprint density at radius 2 is 1.96 bits per heavy atom. The normalized spacial score (nSPS) is 11.2. The van der Waals surface area contributed by atoms with E-state index in [2.05, 4.69) is 36.2 Å². The molecule has 0 radical (unpaired) electrons. The van der Waals surface area contributed by atoms with Crippen LogP contribution in [0.2, 0.25) is 0 Å². The zero-order chi connectivity index (χ0) is 17.6. The number of halogens is 2. The quantitative estimate of drug-likeness (QED) is 0.557. The fraction of sp³-hybridized carbons (Fsp3) is 0.0588. The first kappa shape index (κ1) is 15.6. The molecule has 0 unspecified atom stereocenters. The summed E-state index contributed by atoms with van der Waals surface area (Å²) in [5.74, 6) is -0.903. The van der Waals surface area contributed by atoms with Crippen molar-refractivity contribution in [1.29, 1.82) is 0 Å². The number of anilines is 1. The number of rotatable bonds is 2. The van der Waals surface area contributed by atoms with E-state index in [1.54, 1.807) is 42.0 Å². The third kappa shape index (κ3) is 2.74. The van der Waals surface area contributed by atoms with E-state index in [1.807, 2.05) is 0 Å². The Bertz CT molecular complexity index is 1140. The van der Waals surface area contributed by atoms with Gasteiger partial charge in [0.2, 0.25) is 0 Å². The molecule has 0 aliphatic heterocycles. The van der Waals surface area contributed by atoms with Crippen LogP contribution in [0, 0.1) is 12.7 Å². The van der Waals surface area contributed by atoms with Gasteiger partial charge in [-0.2, -0.15) is 0 Å². The number of imidazole rings is 1. The number of nitrogens with one attached hydrogen (secondary N) is 1. The second kappa shape index (κ2) is 5.89. The van der Waals surface area contributed by atoms with E-state index in [0.717, 1.165) is 4.47 Å². The number of hydrogen-bond donors (Lipinski definition) is 1. The van der Waals surface area contributed by atoms with E-state index in [1.165, 1.54) is 12.3 Å². The lowest BCUT2D eigenvalue weighted by Gasteiger charge is -2.09. The number of aryl methyl sites for hydroxylation is 1.